The maximum atomic E-state index is 12.3. The van der Waals surface area contributed by atoms with Gasteiger partial charge in [0.15, 0.2) is 0 Å². The van der Waals surface area contributed by atoms with Crippen molar-refractivity contribution in [3.8, 4) is 6.07 Å². The van der Waals surface area contributed by atoms with Gasteiger partial charge in [0.05, 0.1) is 15.0 Å². The molecule has 2 aromatic rings. The molecular weight excluding hydrogens is 428 g/mol. The molecule has 8 heteroatoms. The second kappa shape index (κ2) is 5.85. The monoisotopic (exact) mass is 434 g/mol. The third-order valence-corrected chi connectivity index (χ3v) is 6.91. The van der Waals surface area contributed by atoms with E-state index in [9.17, 15) is 8.42 Å². The second-order valence-electron chi connectivity index (χ2n) is 3.93. The molecule has 20 heavy (non-hydrogen) atoms. The highest BCUT2D eigenvalue weighted by Crippen LogP contribution is 2.32. The van der Waals surface area contributed by atoms with E-state index in [0.717, 1.165) is 20.7 Å². The van der Waals surface area contributed by atoms with E-state index in [1.807, 2.05) is 13.0 Å². The van der Waals surface area contributed by atoms with Crippen LogP contribution in [-0.4, -0.2) is 8.42 Å². The molecule has 2 rings (SSSR count). The van der Waals surface area contributed by atoms with Crippen molar-refractivity contribution in [2.75, 3.05) is 4.72 Å². The summed E-state index contributed by atoms with van der Waals surface area (Å²) in [6, 6.07) is 8.34. The molecule has 0 unspecified atom stereocenters. The molecule has 0 saturated heterocycles. The summed E-state index contributed by atoms with van der Waals surface area (Å²) < 4.78 is 28.7. The van der Waals surface area contributed by atoms with Crippen LogP contribution >= 0.6 is 43.2 Å². The fraction of sp³-hybridized carbons (Fsp3) is 0.0833. The number of rotatable bonds is 3. The Balaban J connectivity index is 2.41. The van der Waals surface area contributed by atoms with E-state index in [1.54, 1.807) is 24.3 Å². The van der Waals surface area contributed by atoms with Crippen molar-refractivity contribution in [1.29, 1.82) is 5.26 Å². The smallest absolute Gasteiger partial charge is 0.271 e. The highest BCUT2D eigenvalue weighted by molar-refractivity contribution is 9.11. The van der Waals surface area contributed by atoms with Crippen LogP contribution in [0.2, 0.25) is 0 Å². The van der Waals surface area contributed by atoms with Crippen LogP contribution in [0.25, 0.3) is 0 Å². The van der Waals surface area contributed by atoms with Gasteiger partial charge in [-0.3, -0.25) is 4.72 Å². The lowest BCUT2D eigenvalue weighted by atomic mass is 10.2. The van der Waals surface area contributed by atoms with Crippen LogP contribution in [0.4, 0.5) is 5.69 Å². The van der Waals surface area contributed by atoms with Crippen molar-refractivity contribution >= 4 is 58.9 Å². The minimum absolute atomic E-state index is 0.202. The molecule has 0 radical (unpaired) electrons. The summed E-state index contributed by atoms with van der Waals surface area (Å²) in [4.78, 5) is 0. The molecule has 0 aliphatic rings. The van der Waals surface area contributed by atoms with Gasteiger partial charge in [0, 0.05) is 4.47 Å². The molecule has 4 nitrogen and oxygen atoms in total. The number of aryl methyl sites for hydroxylation is 1. The number of sulfonamides is 1. The van der Waals surface area contributed by atoms with Crippen molar-refractivity contribution in [3.05, 3.63) is 43.7 Å². The van der Waals surface area contributed by atoms with Crippen molar-refractivity contribution < 1.29 is 8.42 Å². The van der Waals surface area contributed by atoms with Crippen molar-refractivity contribution in [2.24, 2.45) is 0 Å². The summed E-state index contributed by atoms with van der Waals surface area (Å²) in [5, 5.41) is 9.05. The summed E-state index contributed by atoms with van der Waals surface area (Å²) in [5.41, 5.74) is 1.37. The van der Waals surface area contributed by atoms with E-state index in [0.29, 0.717) is 4.47 Å². The van der Waals surface area contributed by atoms with Crippen LogP contribution in [-0.2, 0) is 10.0 Å². The van der Waals surface area contributed by atoms with Crippen LogP contribution in [0, 0.1) is 18.3 Å². The third kappa shape index (κ3) is 3.23. The molecule has 0 aliphatic carbocycles. The normalized spacial score (nSPS) is 11.1. The lowest BCUT2D eigenvalue weighted by molar-refractivity contribution is 0.603. The summed E-state index contributed by atoms with van der Waals surface area (Å²) in [6.07, 6.45) is 0. The standard InChI is InChI=1S/C12H8Br2N2O2S2/c1-7-4-11(19-12(7)14)20(17,18)16-10-3-2-9(13)5-8(10)6-15/h2-5,16H,1H3. The lowest BCUT2D eigenvalue weighted by Gasteiger charge is -2.08. The maximum Gasteiger partial charge on any atom is 0.271 e. The van der Waals surface area contributed by atoms with Gasteiger partial charge in [-0.15, -0.1) is 11.3 Å². The van der Waals surface area contributed by atoms with Crippen LogP contribution < -0.4 is 4.72 Å². The largest absolute Gasteiger partial charge is 0.278 e. The van der Waals surface area contributed by atoms with Gasteiger partial charge in [0.25, 0.3) is 10.0 Å². The van der Waals surface area contributed by atoms with E-state index in [1.165, 1.54) is 0 Å². The zero-order valence-electron chi connectivity index (χ0n) is 10.1. The molecule has 1 heterocycles. The predicted octanol–water partition coefficient (Wildman–Crippen LogP) is 4.25. The average molecular weight is 436 g/mol. The van der Waals surface area contributed by atoms with Crippen molar-refractivity contribution in [2.45, 2.75) is 11.1 Å². The SMILES string of the molecule is Cc1cc(S(=O)(=O)Nc2ccc(Br)cc2C#N)sc1Br. The number of thiophene rings is 1. The first-order valence-electron chi connectivity index (χ1n) is 5.32. The highest BCUT2D eigenvalue weighted by atomic mass is 79.9. The van der Waals surface area contributed by atoms with Crippen LogP contribution in [0.5, 0.6) is 0 Å². The lowest BCUT2D eigenvalue weighted by Crippen LogP contribution is -2.12. The predicted molar refractivity (Wildman–Crippen MR) is 86.4 cm³/mol. The van der Waals surface area contributed by atoms with Crippen molar-refractivity contribution in [3.63, 3.8) is 0 Å². The van der Waals surface area contributed by atoms with E-state index in [4.69, 9.17) is 5.26 Å². The summed E-state index contributed by atoms with van der Waals surface area (Å²) in [7, 11) is -3.69. The molecule has 0 bridgehead atoms. The summed E-state index contributed by atoms with van der Waals surface area (Å²) in [5.74, 6) is 0. The number of benzene rings is 1. The van der Waals surface area contributed by atoms with Gasteiger partial charge in [0.1, 0.15) is 10.3 Å². The fourth-order valence-corrected chi connectivity index (χ4v) is 5.12. The number of hydrogen-bond acceptors (Lipinski definition) is 4. The van der Waals surface area contributed by atoms with Gasteiger partial charge in [0.2, 0.25) is 0 Å². The van der Waals surface area contributed by atoms with Crippen LogP contribution in [0.3, 0.4) is 0 Å². The van der Waals surface area contributed by atoms with Crippen molar-refractivity contribution in [1.82, 2.24) is 0 Å². The highest BCUT2D eigenvalue weighted by Gasteiger charge is 2.19. The Morgan fingerprint density at radius 2 is 2.00 bits per heavy atom. The number of nitriles is 1. The molecular formula is C12H8Br2N2O2S2. The number of halogens is 2. The number of nitrogens with one attached hydrogen (secondary N) is 1. The van der Waals surface area contributed by atoms with Crippen LogP contribution in [0.1, 0.15) is 11.1 Å². The third-order valence-electron chi connectivity index (χ3n) is 2.45. The number of nitrogens with zero attached hydrogens (tertiary/aromatic N) is 1. The summed E-state index contributed by atoms with van der Waals surface area (Å²) in [6.45, 7) is 1.82. The minimum atomic E-state index is -3.69. The first-order chi connectivity index (χ1) is 9.33. The summed E-state index contributed by atoms with van der Waals surface area (Å²) >= 11 is 7.67. The van der Waals surface area contributed by atoms with Crippen LogP contribution in [0.15, 0.2) is 36.7 Å². The zero-order valence-corrected chi connectivity index (χ0v) is 15.0. The molecule has 1 aromatic carbocycles. The number of anilines is 1. The molecule has 0 saturated carbocycles. The molecule has 0 aliphatic heterocycles. The van der Waals surface area contributed by atoms with E-state index < -0.39 is 10.0 Å². The van der Waals surface area contributed by atoms with Gasteiger partial charge < -0.3 is 0 Å². The Labute approximate surface area is 137 Å². The van der Waals surface area contributed by atoms with Gasteiger partial charge in [-0.25, -0.2) is 8.42 Å². The molecule has 104 valence electrons. The average Bonchev–Trinajstić information content (AvgIpc) is 2.72. The Morgan fingerprint density at radius 1 is 1.30 bits per heavy atom. The fourth-order valence-electron chi connectivity index (χ4n) is 1.46. The van der Waals surface area contributed by atoms with E-state index >= 15 is 0 Å². The molecule has 0 fully saturated rings. The van der Waals surface area contributed by atoms with E-state index in [2.05, 4.69) is 36.6 Å². The van der Waals surface area contributed by atoms with Gasteiger partial charge >= 0.3 is 0 Å². The Hall–Kier alpha value is -0.880. The first-order valence-corrected chi connectivity index (χ1v) is 9.20. The maximum absolute atomic E-state index is 12.3. The molecule has 1 N–H and O–H groups in total. The van der Waals surface area contributed by atoms with Gasteiger partial charge in [-0.05, 0) is 52.7 Å². The molecule has 0 spiro atoms. The Kier molecular flexibility index (Phi) is 4.54. The molecule has 1 aromatic heterocycles. The minimum Gasteiger partial charge on any atom is -0.278 e. The van der Waals surface area contributed by atoms with Gasteiger partial charge in [-0.2, -0.15) is 5.26 Å². The quantitative estimate of drug-likeness (QED) is 0.783. The number of hydrogen-bond donors (Lipinski definition) is 1. The zero-order chi connectivity index (χ0) is 14.9. The Morgan fingerprint density at radius 3 is 2.55 bits per heavy atom. The first kappa shape index (κ1) is 15.5. The molecule has 0 atom stereocenters. The Bertz CT molecular complexity index is 788. The van der Waals surface area contributed by atoms with Gasteiger partial charge in [-0.1, -0.05) is 15.9 Å². The van der Waals surface area contributed by atoms with E-state index in [-0.39, 0.29) is 15.5 Å². The second-order valence-corrected chi connectivity index (χ2v) is 9.12. The molecule has 0 amide bonds. The topological polar surface area (TPSA) is 70.0 Å².